The van der Waals surface area contributed by atoms with Crippen LogP contribution >= 0.6 is 0 Å². The molecule has 0 atom stereocenters. The lowest BCUT2D eigenvalue weighted by Crippen LogP contribution is -2.46. The van der Waals surface area contributed by atoms with Crippen molar-refractivity contribution in [2.24, 2.45) is 0 Å². The molecule has 9 nitrogen and oxygen atoms in total. The Kier molecular flexibility index (Phi) is 5.54. The topological polar surface area (TPSA) is 108 Å². The first-order valence-corrected chi connectivity index (χ1v) is 10.7. The highest BCUT2D eigenvalue weighted by molar-refractivity contribution is 5.77. The number of nitrogens with one attached hydrogen (secondary N) is 1. The summed E-state index contributed by atoms with van der Waals surface area (Å²) >= 11 is 0. The zero-order chi connectivity index (χ0) is 22.8. The van der Waals surface area contributed by atoms with Gasteiger partial charge in [-0.25, -0.2) is 9.97 Å². The summed E-state index contributed by atoms with van der Waals surface area (Å²) in [6, 6.07) is 19.8. The Morgan fingerprint density at radius 2 is 1.64 bits per heavy atom. The van der Waals surface area contributed by atoms with E-state index in [4.69, 9.17) is 0 Å². The van der Waals surface area contributed by atoms with Gasteiger partial charge in [0.2, 0.25) is 0 Å². The van der Waals surface area contributed by atoms with Gasteiger partial charge >= 0.3 is 0 Å². The first-order chi connectivity index (χ1) is 16.1. The molecule has 166 valence electrons. The van der Waals surface area contributed by atoms with Crippen LogP contribution in [0.15, 0.2) is 71.5 Å². The van der Waals surface area contributed by atoms with Crippen LogP contribution in [0.1, 0.15) is 5.82 Å². The summed E-state index contributed by atoms with van der Waals surface area (Å²) in [4.78, 5) is 39.9. The predicted octanol–water partition coefficient (Wildman–Crippen LogP) is 3.22. The zero-order valence-electron chi connectivity index (χ0n) is 17.8. The van der Waals surface area contributed by atoms with Crippen molar-refractivity contribution >= 4 is 22.4 Å². The second-order valence-corrected chi connectivity index (χ2v) is 7.95. The van der Waals surface area contributed by atoms with E-state index in [1.165, 1.54) is 6.07 Å². The summed E-state index contributed by atoms with van der Waals surface area (Å²) in [5.74, 6) is 1.36. The molecule has 4 aromatic rings. The molecule has 9 heteroatoms. The molecule has 0 spiro atoms. The van der Waals surface area contributed by atoms with Crippen molar-refractivity contribution in [3.63, 3.8) is 0 Å². The van der Waals surface area contributed by atoms with E-state index in [-0.39, 0.29) is 11.2 Å². The van der Waals surface area contributed by atoms with Crippen molar-refractivity contribution in [1.29, 1.82) is 0 Å². The van der Waals surface area contributed by atoms with Gasteiger partial charge in [0, 0.05) is 37.8 Å². The number of hydrogen-bond donors (Lipinski definition) is 1. The van der Waals surface area contributed by atoms with Gasteiger partial charge in [0.05, 0.1) is 22.4 Å². The summed E-state index contributed by atoms with van der Waals surface area (Å²) in [5, 5.41) is 12.1. The normalized spacial score (nSPS) is 14.5. The van der Waals surface area contributed by atoms with Crippen molar-refractivity contribution in [1.82, 2.24) is 19.9 Å². The summed E-state index contributed by atoms with van der Waals surface area (Å²) in [5.41, 5.74) is 1.65. The summed E-state index contributed by atoms with van der Waals surface area (Å²) < 4.78 is 0. The molecule has 1 fully saturated rings. The molecular weight excluding hydrogens is 420 g/mol. The smallest absolute Gasteiger partial charge is 0.295 e. The maximum atomic E-state index is 12.3. The number of anilines is 1. The Morgan fingerprint density at radius 1 is 0.909 bits per heavy atom. The number of piperazine rings is 1. The molecule has 1 N–H and O–H groups in total. The van der Waals surface area contributed by atoms with Crippen LogP contribution in [0.4, 0.5) is 11.5 Å². The molecule has 0 amide bonds. The summed E-state index contributed by atoms with van der Waals surface area (Å²) in [7, 11) is 0. The maximum Gasteiger partial charge on any atom is 0.295 e. The molecule has 33 heavy (non-hydrogen) atoms. The molecule has 0 saturated carbocycles. The highest BCUT2D eigenvalue weighted by Gasteiger charge is 2.23. The monoisotopic (exact) mass is 442 g/mol. The Balaban J connectivity index is 1.31. The van der Waals surface area contributed by atoms with Crippen molar-refractivity contribution in [3.8, 4) is 11.3 Å². The number of benzene rings is 2. The number of H-pyrrole nitrogens is 1. The molecule has 1 saturated heterocycles. The van der Waals surface area contributed by atoms with Gasteiger partial charge in [-0.15, -0.1) is 0 Å². The predicted molar refractivity (Wildman–Crippen MR) is 126 cm³/mol. The van der Waals surface area contributed by atoms with Gasteiger partial charge in [-0.05, 0) is 18.2 Å². The van der Waals surface area contributed by atoms with Gasteiger partial charge in [0.15, 0.2) is 5.69 Å². The number of fused-ring (bicyclic) bond motifs is 1. The largest absolute Gasteiger partial charge is 0.354 e. The quantitative estimate of drug-likeness (QED) is 0.373. The van der Waals surface area contributed by atoms with Crippen molar-refractivity contribution < 1.29 is 4.92 Å². The number of hydrogen-bond acceptors (Lipinski definition) is 7. The van der Waals surface area contributed by atoms with E-state index in [2.05, 4.69) is 24.8 Å². The number of nitro groups is 1. The third kappa shape index (κ3) is 4.31. The maximum absolute atomic E-state index is 12.3. The van der Waals surface area contributed by atoms with Crippen molar-refractivity contribution in [3.05, 3.63) is 93.0 Å². The molecule has 0 unspecified atom stereocenters. The number of nitrogens with zero attached hydrogens (tertiary/aromatic N) is 5. The van der Waals surface area contributed by atoms with Gasteiger partial charge in [0.1, 0.15) is 11.6 Å². The summed E-state index contributed by atoms with van der Waals surface area (Å²) in [6.45, 7) is 3.51. The van der Waals surface area contributed by atoms with E-state index in [9.17, 15) is 14.9 Å². The van der Waals surface area contributed by atoms with Crippen LogP contribution in [-0.4, -0.2) is 51.0 Å². The Hall–Kier alpha value is -4.11. The van der Waals surface area contributed by atoms with Crippen LogP contribution in [0, 0.1) is 10.1 Å². The second kappa shape index (κ2) is 8.79. The van der Waals surface area contributed by atoms with Crippen LogP contribution in [0.3, 0.4) is 0 Å². The van der Waals surface area contributed by atoms with Crippen molar-refractivity contribution in [2.75, 3.05) is 31.1 Å². The lowest BCUT2D eigenvalue weighted by molar-refractivity contribution is -0.384. The fourth-order valence-electron chi connectivity index (χ4n) is 4.13. The lowest BCUT2D eigenvalue weighted by atomic mass is 10.1. The second-order valence-electron chi connectivity index (χ2n) is 7.95. The highest BCUT2D eigenvalue weighted by atomic mass is 16.6. The van der Waals surface area contributed by atoms with E-state index in [0.717, 1.165) is 37.6 Å². The summed E-state index contributed by atoms with van der Waals surface area (Å²) in [6.07, 6.45) is 0. The molecule has 1 aliphatic rings. The van der Waals surface area contributed by atoms with Crippen molar-refractivity contribution in [2.45, 2.75) is 6.54 Å². The molecule has 0 bridgehead atoms. The SMILES string of the molecule is O=c1[nH]c(CN2CCN(c3ccc([N+](=O)[O-])c(-c4ccccc4)n3)CC2)nc2ccccc12. The van der Waals surface area contributed by atoms with Gasteiger partial charge in [-0.1, -0.05) is 42.5 Å². The molecule has 2 aromatic carbocycles. The molecule has 0 radical (unpaired) electrons. The fraction of sp³-hybridized carbons (Fsp3) is 0.208. The molecule has 1 aliphatic heterocycles. The van der Waals surface area contributed by atoms with Crippen LogP contribution in [0.5, 0.6) is 0 Å². The zero-order valence-corrected chi connectivity index (χ0v) is 17.8. The van der Waals surface area contributed by atoms with E-state index in [1.807, 2.05) is 48.5 Å². The minimum absolute atomic E-state index is 0.00470. The Morgan fingerprint density at radius 3 is 2.39 bits per heavy atom. The first-order valence-electron chi connectivity index (χ1n) is 10.7. The molecular formula is C24H22N6O3. The van der Waals surface area contributed by atoms with E-state index in [0.29, 0.717) is 29.0 Å². The third-order valence-electron chi connectivity index (χ3n) is 5.83. The van der Waals surface area contributed by atoms with E-state index >= 15 is 0 Å². The Labute approximate surface area is 189 Å². The minimum Gasteiger partial charge on any atom is -0.354 e. The van der Waals surface area contributed by atoms with E-state index < -0.39 is 4.92 Å². The number of aromatic amines is 1. The first kappa shape index (κ1) is 20.8. The van der Waals surface area contributed by atoms with Gasteiger partial charge in [-0.2, -0.15) is 0 Å². The average Bonchev–Trinajstić information content (AvgIpc) is 2.85. The highest BCUT2D eigenvalue weighted by Crippen LogP contribution is 2.30. The number of para-hydroxylation sites is 1. The Bertz CT molecular complexity index is 1360. The number of aromatic nitrogens is 3. The van der Waals surface area contributed by atoms with Gasteiger partial charge < -0.3 is 9.88 Å². The molecule has 5 rings (SSSR count). The minimum atomic E-state index is -0.394. The van der Waals surface area contributed by atoms with Crippen LogP contribution < -0.4 is 10.5 Å². The lowest BCUT2D eigenvalue weighted by Gasteiger charge is -2.35. The third-order valence-corrected chi connectivity index (χ3v) is 5.83. The van der Waals surface area contributed by atoms with Gasteiger partial charge in [0.25, 0.3) is 11.2 Å². The fourth-order valence-corrected chi connectivity index (χ4v) is 4.13. The standard InChI is InChI=1S/C24H22N6O3/c31-24-18-8-4-5-9-19(18)25-21(26-24)16-28-12-14-29(15-13-28)22-11-10-20(30(32)33)23(27-22)17-6-2-1-3-7-17/h1-11H,12-16H2,(H,25,26,31). The number of pyridine rings is 1. The van der Waals surface area contributed by atoms with E-state index in [1.54, 1.807) is 12.1 Å². The van der Waals surface area contributed by atoms with Gasteiger partial charge in [-0.3, -0.25) is 19.8 Å². The molecule has 0 aliphatic carbocycles. The average molecular weight is 442 g/mol. The number of rotatable bonds is 5. The van der Waals surface area contributed by atoms with Crippen LogP contribution in [-0.2, 0) is 6.54 Å². The molecule has 2 aromatic heterocycles. The van der Waals surface area contributed by atoms with Crippen LogP contribution in [0.25, 0.3) is 22.2 Å². The van der Waals surface area contributed by atoms with Crippen LogP contribution in [0.2, 0.25) is 0 Å². The molecule has 3 heterocycles.